The number of likely N-dealkylation sites (tertiary alicyclic amines) is 1. The molecule has 0 aliphatic carbocycles. The molecule has 148 valence electrons. The van der Waals surface area contributed by atoms with E-state index in [-0.39, 0.29) is 0 Å². The van der Waals surface area contributed by atoms with Gasteiger partial charge in [0.2, 0.25) is 5.89 Å². The summed E-state index contributed by atoms with van der Waals surface area (Å²) in [4.78, 5) is 15.6. The summed E-state index contributed by atoms with van der Waals surface area (Å²) < 4.78 is 7.95. The minimum absolute atomic E-state index is 0.375. The van der Waals surface area contributed by atoms with Crippen LogP contribution in [-0.4, -0.2) is 49.8 Å². The number of oxazole rings is 1. The lowest BCUT2D eigenvalue weighted by Crippen LogP contribution is -2.31. The molecule has 5 rings (SSSR count). The monoisotopic (exact) mass is 389 g/mol. The van der Waals surface area contributed by atoms with Crippen LogP contribution in [0.1, 0.15) is 24.6 Å². The Hall–Kier alpha value is -3.26. The number of rotatable bonds is 3. The molecule has 0 aromatic carbocycles. The van der Waals surface area contributed by atoms with Gasteiger partial charge in [-0.05, 0) is 58.1 Å². The summed E-state index contributed by atoms with van der Waals surface area (Å²) >= 11 is 0. The first-order valence-electron chi connectivity index (χ1n) is 9.80. The Morgan fingerprint density at radius 2 is 1.93 bits per heavy atom. The molecule has 0 saturated carbocycles. The minimum Gasteiger partial charge on any atom is -0.434 e. The summed E-state index contributed by atoms with van der Waals surface area (Å²) in [5.74, 6) is 0.799. The molecule has 1 aliphatic rings. The first-order valence-corrected chi connectivity index (χ1v) is 9.80. The molecule has 0 bridgehead atoms. The zero-order valence-corrected chi connectivity index (χ0v) is 16.5. The Morgan fingerprint density at radius 3 is 2.76 bits per heavy atom. The predicted molar refractivity (Wildman–Crippen MR) is 111 cm³/mol. The number of nitrogen functional groups attached to an aromatic ring is 1. The molecule has 2 N–H and O–H groups in total. The summed E-state index contributed by atoms with van der Waals surface area (Å²) in [7, 11) is 2.16. The van der Waals surface area contributed by atoms with Crippen LogP contribution in [0.2, 0.25) is 0 Å². The summed E-state index contributed by atoms with van der Waals surface area (Å²) in [5, 5.41) is 4.60. The van der Waals surface area contributed by atoms with Crippen molar-refractivity contribution in [1.29, 1.82) is 0 Å². The van der Waals surface area contributed by atoms with E-state index < -0.39 is 0 Å². The molecule has 1 saturated heterocycles. The van der Waals surface area contributed by atoms with Crippen molar-refractivity contribution < 1.29 is 4.42 Å². The fourth-order valence-corrected chi connectivity index (χ4v) is 3.78. The van der Waals surface area contributed by atoms with Crippen molar-refractivity contribution >= 4 is 17.0 Å². The van der Waals surface area contributed by atoms with Crippen molar-refractivity contribution in [2.75, 3.05) is 25.9 Å². The molecule has 1 fully saturated rings. The minimum atomic E-state index is 0.375. The number of hydrogen-bond acceptors (Lipinski definition) is 7. The fourth-order valence-electron chi connectivity index (χ4n) is 3.78. The van der Waals surface area contributed by atoms with Crippen LogP contribution in [0.4, 0.5) is 5.82 Å². The molecule has 1 aliphatic heterocycles. The van der Waals surface area contributed by atoms with Gasteiger partial charge in [-0.15, -0.1) is 0 Å². The molecular formula is C21H23N7O. The highest BCUT2D eigenvalue weighted by molar-refractivity contribution is 5.79. The van der Waals surface area contributed by atoms with Crippen LogP contribution in [0, 0.1) is 6.92 Å². The number of anilines is 1. The van der Waals surface area contributed by atoms with E-state index in [2.05, 4.69) is 42.9 Å². The van der Waals surface area contributed by atoms with E-state index >= 15 is 0 Å². The smallest absolute Gasteiger partial charge is 0.232 e. The van der Waals surface area contributed by atoms with E-state index in [4.69, 9.17) is 10.2 Å². The lowest BCUT2D eigenvalue weighted by atomic mass is 10.1. The van der Waals surface area contributed by atoms with Gasteiger partial charge in [-0.1, -0.05) is 0 Å². The Balaban J connectivity index is 1.48. The average molecular weight is 389 g/mol. The number of hydrogen-bond donors (Lipinski definition) is 1. The summed E-state index contributed by atoms with van der Waals surface area (Å²) in [6, 6.07) is 6.16. The van der Waals surface area contributed by atoms with Gasteiger partial charge in [0.15, 0.2) is 11.2 Å². The second-order valence-electron chi connectivity index (χ2n) is 7.69. The second kappa shape index (κ2) is 6.97. The van der Waals surface area contributed by atoms with E-state index in [1.165, 1.54) is 0 Å². The van der Waals surface area contributed by atoms with E-state index in [0.717, 1.165) is 42.8 Å². The predicted octanol–water partition coefficient (Wildman–Crippen LogP) is 3.31. The van der Waals surface area contributed by atoms with E-state index in [1.807, 2.05) is 31.3 Å². The lowest BCUT2D eigenvalue weighted by Gasteiger charge is -2.28. The molecule has 8 heteroatoms. The molecule has 4 aromatic rings. The third-order valence-electron chi connectivity index (χ3n) is 5.54. The largest absolute Gasteiger partial charge is 0.434 e. The summed E-state index contributed by atoms with van der Waals surface area (Å²) in [6.07, 6.45) is 7.95. The average Bonchev–Trinajstić information content (AvgIpc) is 3.36. The van der Waals surface area contributed by atoms with E-state index in [9.17, 15) is 0 Å². The molecule has 5 heterocycles. The van der Waals surface area contributed by atoms with Gasteiger partial charge in [-0.25, -0.2) is 9.97 Å². The van der Waals surface area contributed by atoms with E-state index in [1.54, 1.807) is 6.20 Å². The number of nitrogens with zero attached hydrogens (tertiary/aromatic N) is 6. The number of nitrogens with two attached hydrogens (primary N) is 1. The van der Waals surface area contributed by atoms with Gasteiger partial charge in [0.25, 0.3) is 0 Å². The third kappa shape index (κ3) is 3.36. The van der Waals surface area contributed by atoms with Gasteiger partial charge in [0.1, 0.15) is 5.82 Å². The molecule has 0 radical (unpaired) electrons. The zero-order chi connectivity index (χ0) is 20.0. The maximum atomic E-state index is 6.13. The molecule has 8 nitrogen and oxygen atoms in total. The molecule has 0 atom stereocenters. The first-order chi connectivity index (χ1) is 14.1. The highest BCUT2D eigenvalue weighted by Crippen LogP contribution is 2.31. The number of pyridine rings is 2. The van der Waals surface area contributed by atoms with Crippen LogP contribution in [0.3, 0.4) is 0 Å². The van der Waals surface area contributed by atoms with Crippen molar-refractivity contribution in [2.45, 2.75) is 25.8 Å². The first kappa shape index (κ1) is 17.8. The van der Waals surface area contributed by atoms with E-state index in [0.29, 0.717) is 34.5 Å². The molecule has 0 unspecified atom stereocenters. The van der Waals surface area contributed by atoms with Gasteiger partial charge in [0.05, 0.1) is 17.8 Å². The third-order valence-corrected chi connectivity index (χ3v) is 5.54. The maximum absolute atomic E-state index is 6.13. The number of aromatic nitrogens is 5. The van der Waals surface area contributed by atoms with Gasteiger partial charge >= 0.3 is 0 Å². The number of piperidine rings is 1. The second-order valence-corrected chi connectivity index (χ2v) is 7.69. The Morgan fingerprint density at radius 1 is 1.10 bits per heavy atom. The SMILES string of the molecule is Cc1ccc2oc(-c3cc(-c4cnn(C5CCN(C)CC5)c4)cnc3N)nc2n1. The highest BCUT2D eigenvalue weighted by atomic mass is 16.3. The van der Waals surface area contributed by atoms with Crippen LogP contribution < -0.4 is 5.73 Å². The Bertz CT molecular complexity index is 1170. The van der Waals surface area contributed by atoms with Crippen LogP contribution in [-0.2, 0) is 0 Å². The molecule has 0 spiro atoms. The molecule has 29 heavy (non-hydrogen) atoms. The summed E-state index contributed by atoms with van der Waals surface area (Å²) in [6.45, 7) is 4.11. The van der Waals surface area contributed by atoms with Gasteiger partial charge in [0, 0.05) is 29.2 Å². The normalized spacial score (nSPS) is 15.9. The molecule has 4 aromatic heterocycles. The van der Waals surface area contributed by atoms with Crippen LogP contribution in [0.25, 0.3) is 33.8 Å². The summed E-state index contributed by atoms with van der Waals surface area (Å²) in [5.41, 5.74) is 10.8. The Labute approximate surface area is 168 Å². The van der Waals surface area contributed by atoms with Crippen molar-refractivity contribution in [3.05, 3.63) is 42.5 Å². The van der Waals surface area contributed by atoms with Crippen molar-refractivity contribution in [2.24, 2.45) is 0 Å². The van der Waals surface area contributed by atoms with Crippen molar-refractivity contribution in [3.8, 4) is 22.6 Å². The quantitative estimate of drug-likeness (QED) is 0.574. The topological polar surface area (TPSA) is 98.9 Å². The van der Waals surface area contributed by atoms with Crippen LogP contribution in [0.15, 0.2) is 41.2 Å². The van der Waals surface area contributed by atoms with Crippen molar-refractivity contribution in [1.82, 2.24) is 29.6 Å². The van der Waals surface area contributed by atoms with Crippen LogP contribution in [0.5, 0.6) is 0 Å². The van der Waals surface area contributed by atoms with Crippen LogP contribution >= 0.6 is 0 Å². The van der Waals surface area contributed by atoms with Gasteiger partial charge in [-0.2, -0.15) is 10.1 Å². The maximum Gasteiger partial charge on any atom is 0.232 e. The van der Waals surface area contributed by atoms with Gasteiger partial charge < -0.3 is 15.1 Å². The number of aryl methyl sites for hydroxylation is 1. The molecular weight excluding hydrogens is 366 g/mol. The standard InChI is InChI=1S/C21H23N7O/c1-13-3-4-18-20(25-13)26-21(29-18)17-9-14(10-23-19(17)22)15-11-24-28(12-15)16-5-7-27(2)8-6-16/h3-4,9-12,16H,5-8H2,1-2H3,(H2,22,23). The lowest BCUT2D eigenvalue weighted by molar-refractivity contribution is 0.212. The zero-order valence-electron chi connectivity index (χ0n) is 16.5. The highest BCUT2D eigenvalue weighted by Gasteiger charge is 2.20. The molecule has 0 amide bonds. The fraction of sp³-hybridized carbons (Fsp3) is 0.333. The van der Waals surface area contributed by atoms with Gasteiger partial charge in [-0.3, -0.25) is 4.68 Å². The van der Waals surface area contributed by atoms with Crippen molar-refractivity contribution in [3.63, 3.8) is 0 Å². The Kier molecular flexibility index (Phi) is 4.28. The number of fused-ring (bicyclic) bond motifs is 1.